The van der Waals surface area contributed by atoms with Gasteiger partial charge < -0.3 is 0 Å². The normalized spacial score (nSPS) is 12.5. The second kappa shape index (κ2) is 5.86. The maximum Gasteiger partial charge on any atom is 0.416 e. The topological polar surface area (TPSA) is 22.0 Å². The molecule has 1 heterocycles. The average Bonchev–Trinajstić information content (AvgIpc) is 2.37. The van der Waals surface area contributed by atoms with Crippen LogP contribution in [0.2, 0.25) is 5.02 Å². The van der Waals surface area contributed by atoms with Crippen molar-refractivity contribution in [2.45, 2.75) is 12.4 Å². The molecule has 0 atom stereocenters. The molecule has 0 unspecified atom stereocenters. The fourth-order valence-electron chi connectivity index (χ4n) is 1.80. The van der Waals surface area contributed by atoms with Crippen molar-refractivity contribution in [2.75, 3.05) is 0 Å². The molecule has 2 aromatic rings. The van der Waals surface area contributed by atoms with E-state index in [1.54, 1.807) is 0 Å². The number of aromatic nitrogens is 1. The van der Waals surface area contributed by atoms with Crippen LogP contribution in [-0.2, 0) is 12.4 Å². The molecular formula is C13H5BrClF6NO. The Hall–Kier alpha value is -1.48. The highest BCUT2D eigenvalue weighted by atomic mass is 79.9. The van der Waals surface area contributed by atoms with E-state index in [4.69, 9.17) is 11.6 Å². The predicted octanol–water partition coefficient (Wildman–Crippen LogP) is 5.29. The van der Waals surface area contributed by atoms with E-state index >= 15 is 0 Å². The fraction of sp³-hybridized carbons (Fsp3) is 0.154. The fourth-order valence-corrected chi connectivity index (χ4v) is 2.88. The number of nitrogens with zero attached hydrogens (tertiary/aromatic N) is 1. The second-order valence-electron chi connectivity index (χ2n) is 4.41. The Morgan fingerprint density at radius 1 is 0.957 bits per heavy atom. The average molecular weight is 421 g/mol. The largest absolute Gasteiger partial charge is 0.416 e. The van der Waals surface area contributed by atoms with Gasteiger partial charge in [-0.2, -0.15) is 26.3 Å². The zero-order chi connectivity index (χ0) is 17.6. The standard InChI is InChI=1S/C13H5BrClF6NO/c14-8-3-7(13(19,20)21)4-9(15)11(8)22-2-1-6(5-10(22)23)12(16,17)18/h1-5H. The number of hydrogen-bond donors (Lipinski definition) is 0. The third kappa shape index (κ3) is 3.72. The van der Waals surface area contributed by atoms with Crippen LogP contribution in [0.25, 0.3) is 5.69 Å². The predicted molar refractivity (Wildman–Crippen MR) is 74.8 cm³/mol. The molecule has 2 rings (SSSR count). The van der Waals surface area contributed by atoms with Gasteiger partial charge in [0.2, 0.25) is 0 Å². The molecule has 0 fully saturated rings. The molecule has 124 valence electrons. The minimum absolute atomic E-state index is 0.181. The van der Waals surface area contributed by atoms with Gasteiger partial charge in [-0.15, -0.1) is 0 Å². The number of pyridine rings is 1. The van der Waals surface area contributed by atoms with Crippen molar-refractivity contribution >= 4 is 27.5 Å². The van der Waals surface area contributed by atoms with Gasteiger partial charge in [-0.3, -0.25) is 9.36 Å². The lowest BCUT2D eigenvalue weighted by Gasteiger charge is -2.15. The summed E-state index contributed by atoms with van der Waals surface area (Å²) in [5.74, 6) is 0. The molecule has 2 nitrogen and oxygen atoms in total. The number of benzene rings is 1. The van der Waals surface area contributed by atoms with Crippen molar-refractivity contribution in [1.82, 2.24) is 4.57 Å². The number of halogens is 8. The molecule has 0 aliphatic carbocycles. The summed E-state index contributed by atoms with van der Waals surface area (Å²) < 4.78 is 76.2. The maximum atomic E-state index is 12.7. The zero-order valence-electron chi connectivity index (χ0n) is 10.8. The minimum Gasteiger partial charge on any atom is -0.282 e. The van der Waals surface area contributed by atoms with Crippen LogP contribution in [-0.4, -0.2) is 4.57 Å². The van der Waals surface area contributed by atoms with Gasteiger partial charge in [0.1, 0.15) is 0 Å². The molecule has 10 heteroatoms. The van der Waals surface area contributed by atoms with Gasteiger partial charge >= 0.3 is 12.4 Å². The van der Waals surface area contributed by atoms with Gasteiger partial charge in [0.25, 0.3) is 5.56 Å². The quantitative estimate of drug-likeness (QED) is 0.575. The van der Waals surface area contributed by atoms with Crippen LogP contribution >= 0.6 is 27.5 Å². The number of alkyl halides is 6. The van der Waals surface area contributed by atoms with Crippen LogP contribution in [0.15, 0.2) is 39.7 Å². The van der Waals surface area contributed by atoms with Crippen LogP contribution in [0, 0.1) is 0 Å². The highest BCUT2D eigenvalue weighted by Crippen LogP contribution is 2.37. The summed E-state index contributed by atoms with van der Waals surface area (Å²) in [5.41, 5.74) is -3.49. The van der Waals surface area contributed by atoms with E-state index in [0.717, 1.165) is 10.8 Å². The van der Waals surface area contributed by atoms with E-state index in [2.05, 4.69) is 15.9 Å². The van der Waals surface area contributed by atoms with Gasteiger partial charge in [-0.05, 0) is 34.1 Å². The Morgan fingerprint density at radius 3 is 1.96 bits per heavy atom. The van der Waals surface area contributed by atoms with E-state index in [-0.39, 0.29) is 10.2 Å². The minimum atomic E-state index is -4.71. The maximum absolute atomic E-state index is 12.7. The van der Waals surface area contributed by atoms with Gasteiger partial charge in [0.15, 0.2) is 0 Å². The van der Waals surface area contributed by atoms with Crippen molar-refractivity contribution in [2.24, 2.45) is 0 Å². The molecule has 0 bridgehead atoms. The highest BCUT2D eigenvalue weighted by Gasteiger charge is 2.33. The van der Waals surface area contributed by atoms with Gasteiger partial charge in [0.05, 0.1) is 21.8 Å². The van der Waals surface area contributed by atoms with Crippen LogP contribution in [0.4, 0.5) is 26.3 Å². The molecule has 0 radical (unpaired) electrons. The molecule has 0 spiro atoms. The summed E-state index contributed by atoms with van der Waals surface area (Å²) in [7, 11) is 0. The Morgan fingerprint density at radius 2 is 1.52 bits per heavy atom. The molecule has 0 N–H and O–H groups in total. The Balaban J connectivity index is 2.62. The number of rotatable bonds is 1. The van der Waals surface area contributed by atoms with E-state index < -0.39 is 34.1 Å². The first-order chi connectivity index (χ1) is 10.4. The van der Waals surface area contributed by atoms with Crippen LogP contribution in [0.5, 0.6) is 0 Å². The molecule has 1 aromatic carbocycles. The van der Waals surface area contributed by atoms with E-state index in [1.165, 1.54) is 0 Å². The van der Waals surface area contributed by atoms with E-state index in [9.17, 15) is 31.1 Å². The Kier molecular flexibility index (Phi) is 4.55. The summed E-state index contributed by atoms with van der Waals surface area (Å²) in [5, 5.41) is -0.437. The smallest absolute Gasteiger partial charge is 0.282 e. The van der Waals surface area contributed by atoms with Gasteiger partial charge in [-0.25, -0.2) is 0 Å². The van der Waals surface area contributed by atoms with Crippen molar-refractivity contribution < 1.29 is 26.3 Å². The number of hydrogen-bond acceptors (Lipinski definition) is 1. The third-order valence-corrected chi connectivity index (χ3v) is 3.72. The first kappa shape index (κ1) is 17.9. The second-order valence-corrected chi connectivity index (χ2v) is 5.67. The molecule has 23 heavy (non-hydrogen) atoms. The SMILES string of the molecule is O=c1cc(C(F)(F)F)ccn1-c1c(Cl)cc(C(F)(F)F)cc1Br. The lowest BCUT2D eigenvalue weighted by atomic mass is 10.2. The Labute approximate surface area is 138 Å². The summed E-state index contributed by atoms with van der Waals surface area (Å²) in [6.45, 7) is 0. The summed E-state index contributed by atoms with van der Waals surface area (Å²) in [6.07, 6.45) is -8.57. The van der Waals surface area contributed by atoms with E-state index in [0.29, 0.717) is 24.3 Å². The summed E-state index contributed by atoms with van der Waals surface area (Å²) in [4.78, 5) is 11.8. The molecule has 0 aliphatic heterocycles. The van der Waals surface area contributed by atoms with Crippen molar-refractivity contribution in [3.8, 4) is 5.69 Å². The zero-order valence-corrected chi connectivity index (χ0v) is 13.1. The Bertz CT molecular complexity index is 788. The molecule has 0 saturated heterocycles. The molecule has 0 aliphatic rings. The first-order valence-corrected chi connectivity index (χ1v) is 6.95. The monoisotopic (exact) mass is 419 g/mol. The van der Waals surface area contributed by atoms with Crippen LogP contribution in [0.3, 0.4) is 0 Å². The molecule has 0 amide bonds. The lowest BCUT2D eigenvalue weighted by Crippen LogP contribution is -2.21. The van der Waals surface area contributed by atoms with E-state index in [1.807, 2.05) is 0 Å². The lowest BCUT2D eigenvalue weighted by molar-refractivity contribution is -0.138. The van der Waals surface area contributed by atoms with Crippen LogP contribution in [0.1, 0.15) is 11.1 Å². The molecule has 0 saturated carbocycles. The van der Waals surface area contributed by atoms with Gasteiger partial charge in [0, 0.05) is 16.7 Å². The summed E-state index contributed by atoms with van der Waals surface area (Å²) in [6, 6.07) is 2.24. The van der Waals surface area contributed by atoms with Crippen molar-refractivity contribution in [3.63, 3.8) is 0 Å². The highest BCUT2D eigenvalue weighted by molar-refractivity contribution is 9.10. The van der Waals surface area contributed by atoms with Crippen LogP contribution < -0.4 is 5.56 Å². The molecular weight excluding hydrogens is 415 g/mol. The van der Waals surface area contributed by atoms with Crippen molar-refractivity contribution in [1.29, 1.82) is 0 Å². The first-order valence-electron chi connectivity index (χ1n) is 5.78. The van der Waals surface area contributed by atoms with Gasteiger partial charge in [-0.1, -0.05) is 11.6 Å². The summed E-state index contributed by atoms with van der Waals surface area (Å²) >= 11 is 8.62. The van der Waals surface area contributed by atoms with Crippen molar-refractivity contribution in [3.05, 3.63) is 61.4 Å². The third-order valence-electron chi connectivity index (χ3n) is 2.83. The molecule has 1 aromatic heterocycles.